The number of aliphatic carboxylic acids is 1. The van der Waals surface area contributed by atoms with Crippen molar-refractivity contribution in [2.45, 2.75) is 0 Å². The van der Waals surface area contributed by atoms with Gasteiger partial charge in [0.05, 0.1) is 0 Å². The second-order valence-corrected chi connectivity index (χ2v) is 3.05. The fourth-order valence-electron chi connectivity index (χ4n) is 0.794. The molecule has 0 saturated carbocycles. The monoisotopic (exact) mass is 244 g/mol. The number of hydrogen-bond donors (Lipinski definition) is 2. The maximum Gasteiger partial charge on any atom is 0.359 e. The van der Waals surface area contributed by atoms with Gasteiger partial charge in [-0.1, -0.05) is 11.6 Å². The zero-order valence-electron chi connectivity index (χ0n) is 7.76. The van der Waals surface area contributed by atoms with Crippen molar-refractivity contribution in [3.63, 3.8) is 0 Å². The smallest absolute Gasteiger partial charge is 0.359 e. The van der Waals surface area contributed by atoms with Crippen molar-refractivity contribution < 1.29 is 19.4 Å². The van der Waals surface area contributed by atoms with Gasteiger partial charge in [0.25, 0.3) is 0 Å². The molecule has 1 rings (SSSR count). The lowest BCUT2D eigenvalue weighted by Crippen LogP contribution is -1.96. The first-order valence-electron chi connectivity index (χ1n) is 3.99. The zero-order valence-corrected chi connectivity index (χ0v) is 8.52. The lowest BCUT2D eigenvalue weighted by Gasteiger charge is -1.95. The molecule has 0 aromatic heterocycles. The molecular weight excluding hydrogens is 239 g/mol. The Hall–Kier alpha value is -1.95. The summed E-state index contributed by atoms with van der Waals surface area (Å²) in [5.41, 5.74) is -0.876. The van der Waals surface area contributed by atoms with Crippen LogP contribution in [-0.4, -0.2) is 16.2 Å². The van der Waals surface area contributed by atoms with Crippen LogP contribution in [0.25, 0.3) is 0 Å². The van der Waals surface area contributed by atoms with Crippen molar-refractivity contribution in [2.75, 3.05) is 0 Å². The normalized spacial score (nSPS) is 12.0. The summed E-state index contributed by atoms with van der Waals surface area (Å²) in [5.74, 6) is -2.21. The highest BCUT2D eigenvalue weighted by atomic mass is 35.5. The van der Waals surface area contributed by atoms with Gasteiger partial charge in [-0.25, -0.2) is 9.18 Å². The van der Waals surface area contributed by atoms with Crippen molar-refractivity contribution in [1.82, 2.24) is 0 Å². The molecule has 0 saturated heterocycles. The maximum atomic E-state index is 13.1. The number of halogens is 2. The Morgan fingerprint density at radius 2 is 2.19 bits per heavy atom. The van der Waals surface area contributed by atoms with Gasteiger partial charge in [-0.3, -0.25) is 0 Å². The van der Waals surface area contributed by atoms with E-state index in [0.29, 0.717) is 0 Å². The van der Waals surface area contributed by atoms with Crippen LogP contribution in [0.3, 0.4) is 0 Å². The molecular formula is C9H6ClFN2O3. The van der Waals surface area contributed by atoms with Crippen LogP contribution in [0, 0.1) is 5.82 Å². The molecule has 0 fully saturated rings. The second kappa shape index (κ2) is 5.22. The van der Waals surface area contributed by atoms with Gasteiger partial charge in [0.2, 0.25) is 5.70 Å². The molecule has 0 aliphatic carbocycles. The highest BCUT2D eigenvalue weighted by molar-refractivity contribution is 6.30. The SMILES string of the molecule is O=C(O)C(=CO)N=Nc1ccc(Cl)cc1F. The van der Waals surface area contributed by atoms with Gasteiger partial charge in [-0.2, -0.15) is 0 Å². The lowest BCUT2D eigenvalue weighted by atomic mass is 10.3. The predicted octanol–water partition coefficient (Wildman–Crippen LogP) is 3.05. The largest absolute Gasteiger partial charge is 0.513 e. The number of carbonyl (C=O) groups is 1. The Bertz CT molecular complexity index is 474. The number of rotatable bonds is 3. The van der Waals surface area contributed by atoms with E-state index in [1.165, 1.54) is 12.1 Å². The highest BCUT2D eigenvalue weighted by Crippen LogP contribution is 2.22. The number of carboxylic acids is 1. The molecule has 0 bridgehead atoms. The lowest BCUT2D eigenvalue weighted by molar-refractivity contribution is -0.132. The molecule has 5 nitrogen and oxygen atoms in total. The number of carboxylic acid groups (broad SMARTS) is 1. The Balaban J connectivity index is 2.96. The van der Waals surface area contributed by atoms with Gasteiger partial charge in [-0.05, 0) is 18.2 Å². The fourth-order valence-corrected chi connectivity index (χ4v) is 0.953. The number of aliphatic hydroxyl groups excluding tert-OH is 1. The first-order valence-corrected chi connectivity index (χ1v) is 4.37. The summed E-state index contributed by atoms with van der Waals surface area (Å²) in [6, 6.07) is 3.62. The molecule has 16 heavy (non-hydrogen) atoms. The second-order valence-electron chi connectivity index (χ2n) is 2.62. The average molecular weight is 245 g/mol. The molecule has 1 aromatic rings. The maximum absolute atomic E-state index is 13.1. The number of benzene rings is 1. The van der Waals surface area contributed by atoms with E-state index in [1.54, 1.807) is 0 Å². The van der Waals surface area contributed by atoms with Gasteiger partial charge in [0.15, 0.2) is 5.82 Å². The van der Waals surface area contributed by atoms with E-state index in [-0.39, 0.29) is 17.0 Å². The van der Waals surface area contributed by atoms with Crippen molar-refractivity contribution in [1.29, 1.82) is 0 Å². The summed E-state index contributed by atoms with van der Waals surface area (Å²) in [4.78, 5) is 10.4. The first-order chi connectivity index (χ1) is 7.54. The Labute approximate surface area is 94.5 Å². The van der Waals surface area contributed by atoms with E-state index >= 15 is 0 Å². The van der Waals surface area contributed by atoms with Crippen LogP contribution in [0.4, 0.5) is 10.1 Å². The average Bonchev–Trinajstić information content (AvgIpc) is 2.21. The van der Waals surface area contributed by atoms with Crippen LogP contribution >= 0.6 is 11.6 Å². The van der Waals surface area contributed by atoms with Gasteiger partial charge >= 0.3 is 5.97 Å². The van der Waals surface area contributed by atoms with E-state index in [4.69, 9.17) is 21.8 Å². The van der Waals surface area contributed by atoms with E-state index in [1.807, 2.05) is 0 Å². The van der Waals surface area contributed by atoms with Crippen LogP contribution in [0.1, 0.15) is 0 Å². The van der Waals surface area contributed by atoms with Crippen LogP contribution in [0.15, 0.2) is 40.4 Å². The summed E-state index contributed by atoms with van der Waals surface area (Å²) in [6.07, 6.45) is 0.264. The van der Waals surface area contributed by atoms with Gasteiger partial charge in [0, 0.05) is 5.02 Å². The van der Waals surface area contributed by atoms with Crippen molar-refractivity contribution in [2.24, 2.45) is 10.2 Å². The number of hydrogen-bond acceptors (Lipinski definition) is 4. The Kier molecular flexibility index (Phi) is 3.96. The quantitative estimate of drug-likeness (QED) is 0.487. The molecule has 2 N–H and O–H groups in total. The molecule has 0 unspecified atom stereocenters. The minimum absolute atomic E-state index is 0.176. The van der Waals surface area contributed by atoms with E-state index in [2.05, 4.69) is 10.2 Å². The molecule has 0 heterocycles. The molecule has 84 valence electrons. The third-order valence-electron chi connectivity index (χ3n) is 1.52. The minimum atomic E-state index is -1.47. The Morgan fingerprint density at radius 3 is 2.69 bits per heavy atom. The van der Waals surface area contributed by atoms with E-state index in [9.17, 15) is 9.18 Å². The fraction of sp³-hybridized carbons (Fsp3) is 0. The van der Waals surface area contributed by atoms with Gasteiger partial charge < -0.3 is 10.2 Å². The van der Waals surface area contributed by atoms with E-state index in [0.717, 1.165) is 6.07 Å². The standard InChI is InChI=1S/C9H6ClFN2O3/c10-5-1-2-7(6(11)3-5)12-13-8(4-14)9(15)16/h1-4,14H,(H,15,16). The molecule has 0 atom stereocenters. The summed E-state index contributed by atoms with van der Waals surface area (Å²) in [7, 11) is 0. The molecule has 1 aromatic carbocycles. The van der Waals surface area contributed by atoms with Crippen LogP contribution in [-0.2, 0) is 4.79 Å². The number of aliphatic hydroxyl groups is 1. The molecule has 0 aliphatic rings. The summed E-state index contributed by atoms with van der Waals surface area (Å²) >= 11 is 5.50. The van der Waals surface area contributed by atoms with Crippen LogP contribution in [0.2, 0.25) is 5.02 Å². The zero-order chi connectivity index (χ0) is 12.1. The van der Waals surface area contributed by atoms with E-state index < -0.39 is 17.5 Å². The molecule has 0 aliphatic heterocycles. The third-order valence-corrected chi connectivity index (χ3v) is 1.75. The van der Waals surface area contributed by atoms with Crippen LogP contribution in [0.5, 0.6) is 0 Å². The summed E-state index contributed by atoms with van der Waals surface area (Å²) in [5, 5.41) is 23.6. The first kappa shape index (κ1) is 12.1. The van der Waals surface area contributed by atoms with Crippen molar-refractivity contribution in [3.05, 3.63) is 41.0 Å². The van der Waals surface area contributed by atoms with Crippen molar-refractivity contribution >= 4 is 23.3 Å². The predicted molar refractivity (Wildman–Crippen MR) is 54.3 cm³/mol. The summed E-state index contributed by atoms with van der Waals surface area (Å²) in [6.45, 7) is 0. The van der Waals surface area contributed by atoms with Gasteiger partial charge in [-0.15, -0.1) is 10.2 Å². The molecule has 0 radical (unpaired) electrons. The van der Waals surface area contributed by atoms with Gasteiger partial charge in [0.1, 0.15) is 11.9 Å². The molecule has 0 amide bonds. The number of azo groups is 1. The summed E-state index contributed by atoms with van der Waals surface area (Å²) < 4.78 is 13.1. The van der Waals surface area contributed by atoms with Crippen molar-refractivity contribution in [3.8, 4) is 0 Å². The van der Waals surface area contributed by atoms with Crippen LogP contribution < -0.4 is 0 Å². The molecule has 0 spiro atoms. The Morgan fingerprint density at radius 1 is 1.50 bits per heavy atom. The number of nitrogens with zero attached hydrogens (tertiary/aromatic N) is 2. The molecule has 7 heteroatoms. The topological polar surface area (TPSA) is 82.2 Å². The highest BCUT2D eigenvalue weighted by Gasteiger charge is 2.06. The minimum Gasteiger partial charge on any atom is -0.513 e. The third kappa shape index (κ3) is 3.03.